The molecule has 0 radical (unpaired) electrons. The number of carbonyl (C=O) groups is 2. The molecule has 2 aliphatic heterocycles. The molecule has 0 aliphatic carbocycles. The summed E-state index contributed by atoms with van der Waals surface area (Å²) >= 11 is 0. The molecule has 2 rings (SSSR count). The van der Waals surface area contributed by atoms with Gasteiger partial charge < -0.3 is 20.6 Å². The van der Waals surface area contributed by atoms with Crippen molar-refractivity contribution in [3.8, 4) is 0 Å². The Labute approximate surface area is 153 Å². The zero-order chi connectivity index (χ0) is 19.4. The summed E-state index contributed by atoms with van der Waals surface area (Å²) in [5.74, 6) is -1.37. The smallest absolute Gasteiger partial charge is 0.354 e. The van der Waals surface area contributed by atoms with Crippen molar-refractivity contribution >= 4 is 23.8 Å². The molecular formula is C17H27N6O3+. The Morgan fingerprint density at radius 1 is 1.46 bits per heavy atom. The SMILES string of the molecule is CC(C)[NH2+]C1=C(C(=N)C(=O)O)CN(C2N=CC(C(=O)N(C)C)=CN2)CC1. The van der Waals surface area contributed by atoms with Crippen molar-refractivity contribution in [2.75, 3.05) is 27.2 Å². The zero-order valence-electron chi connectivity index (χ0n) is 15.6. The summed E-state index contributed by atoms with van der Waals surface area (Å²) in [7, 11) is 3.35. The third kappa shape index (κ3) is 4.55. The third-order valence-corrected chi connectivity index (χ3v) is 4.21. The predicted octanol–water partition coefficient (Wildman–Crippen LogP) is -1.05. The lowest BCUT2D eigenvalue weighted by Gasteiger charge is -2.34. The number of aliphatic imine (C=N–C) groups is 1. The van der Waals surface area contributed by atoms with Crippen molar-refractivity contribution in [3.63, 3.8) is 0 Å². The van der Waals surface area contributed by atoms with E-state index in [4.69, 9.17) is 5.41 Å². The second-order valence-corrected chi connectivity index (χ2v) is 6.93. The fourth-order valence-corrected chi connectivity index (χ4v) is 2.93. The van der Waals surface area contributed by atoms with Gasteiger partial charge in [0.15, 0.2) is 6.29 Å². The Bertz CT molecular complexity index is 693. The van der Waals surface area contributed by atoms with Gasteiger partial charge in [0.1, 0.15) is 11.4 Å². The van der Waals surface area contributed by atoms with Crippen molar-refractivity contribution in [2.24, 2.45) is 4.99 Å². The number of carboxylic acids is 1. The molecule has 142 valence electrons. The number of quaternary nitrogens is 1. The summed E-state index contributed by atoms with van der Waals surface area (Å²) in [6.45, 7) is 5.07. The maximum absolute atomic E-state index is 12.0. The van der Waals surface area contributed by atoms with Gasteiger partial charge in [-0.2, -0.15) is 0 Å². The first-order valence-electron chi connectivity index (χ1n) is 8.55. The van der Waals surface area contributed by atoms with Crippen LogP contribution in [0, 0.1) is 5.41 Å². The molecule has 0 fully saturated rings. The van der Waals surface area contributed by atoms with Crippen LogP contribution in [-0.2, 0) is 9.59 Å². The topological polar surface area (TPSA) is 126 Å². The number of amides is 1. The van der Waals surface area contributed by atoms with Crippen molar-refractivity contribution in [2.45, 2.75) is 32.6 Å². The molecule has 26 heavy (non-hydrogen) atoms. The molecule has 0 saturated heterocycles. The number of hydrogen-bond acceptors (Lipinski definition) is 6. The fraction of sp³-hybridized carbons (Fsp3) is 0.529. The number of aliphatic carboxylic acids is 1. The highest BCUT2D eigenvalue weighted by molar-refractivity contribution is 6.41. The van der Waals surface area contributed by atoms with Crippen LogP contribution in [0.2, 0.25) is 0 Å². The van der Waals surface area contributed by atoms with Gasteiger partial charge in [0, 0.05) is 46.0 Å². The van der Waals surface area contributed by atoms with Gasteiger partial charge in [0.05, 0.1) is 17.2 Å². The highest BCUT2D eigenvalue weighted by Gasteiger charge is 2.31. The molecule has 0 bridgehead atoms. The second kappa shape index (κ2) is 8.24. The molecule has 9 heteroatoms. The molecule has 5 N–H and O–H groups in total. The number of likely N-dealkylation sites (N-methyl/N-ethyl adjacent to an activating group) is 1. The van der Waals surface area contributed by atoms with Crippen molar-refractivity contribution < 1.29 is 20.0 Å². The Balaban J connectivity index is 2.14. The Morgan fingerprint density at radius 3 is 2.65 bits per heavy atom. The molecule has 1 atom stereocenters. The molecule has 1 unspecified atom stereocenters. The number of carboxylic acid groups (broad SMARTS) is 1. The van der Waals surface area contributed by atoms with Crippen LogP contribution in [0.15, 0.2) is 28.0 Å². The number of nitrogens with two attached hydrogens (primary N) is 1. The molecule has 1 amide bonds. The Hall–Kier alpha value is -2.52. The Kier molecular flexibility index (Phi) is 6.27. The van der Waals surface area contributed by atoms with Gasteiger partial charge in [0.2, 0.25) is 0 Å². The summed E-state index contributed by atoms with van der Waals surface area (Å²) in [5, 5.41) is 22.3. The highest BCUT2D eigenvalue weighted by Crippen LogP contribution is 2.18. The summed E-state index contributed by atoms with van der Waals surface area (Å²) in [5.41, 5.74) is 1.53. The van der Waals surface area contributed by atoms with Crippen LogP contribution >= 0.6 is 0 Å². The van der Waals surface area contributed by atoms with Gasteiger partial charge in [0.25, 0.3) is 5.91 Å². The average Bonchev–Trinajstić information content (AvgIpc) is 2.60. The molecule has 2 heterocycles. The van der Waals surface area contributed by atoms with E-state index in [1.807, 2.05) is 24.1 Å². The van der Waals surface area contributed by atoms with E-state index >= 15 is 0 Å². The van der Waals surface area contributed by atoms with Gasteiger partial charge >= 0.3 is 5.97 Å². The summed E-state index contributed by atoms with van der Waals surface area (Å²) in [4.78, 5) is 31.1. The van der Waals surface area contributed by atoms with Crippen LogP contribution in [0.25, 0.3) is 0 Å². The maximum Gasteiger partial charge on any atom is 0.354 e. The summed E-state index contributed by atoms with van der Waals surface area (Å²) in [6, 6.07) is 0.279. The molecule has 0 spiro atoms. The van der Waals surface area contributed by atoms with E-state index in [1.165, 1.54) is 11.1 Å². The fourth-order valence-electron chi connectivity index (χ4n) is 2.93. The standard InChI is InChI=1S/C17H26N6O3/c1-10(2)21-13-5-6-23(9-12(13)14(18)16(25)26)17-19-7-11(8-20-17)15(24)22(3)4/h7-8,10,17-19,21H,5-6,9H2,1-4H3,(H,25,26)/p+1. The van der Waals surface area contributed by atoms with E-state index in [2.05, 4.69) is 10.3 Å². The van der Waals surface area contributed by atoms with E-state index in [9.17, 15) is 14.7 Å². The number of nitrogens with one attached hydrogen (secondary N) is 2. The van der Waals surface area contributed by atoms with E-state index in [1.54, 1.807) is 20.3 Å². The number of rotatable bonds is 6. The van der Waals surface area contributed by atoms with Crippen molar-refractivity contribution in [1.82, 2.24) is 15.1 Å². The van der Waals surface area contributed by atoms with E-state index in [0.717, 1.165) is 5.70 Å². The highest BCUT2D eigenvalue weighted by atomic mass is 16.4. The van der Waals surface area contributed by atoms with E-state index in [0.29, 0.717) is 30.7 Å². The number of carbonyl (C=O) groups excluding carboxylic acids is 1. The average molecular weight is 363 g/mol. The Morgan fingerprint density at radius 2 is 2.15 bits per heavy atom. The maximum atomic E-state index is 12.0. The van der Waals surface area contributed by atoms with Gasteiger partial charge in [-0.15, -0.1) is 0 Å². The van der Waals surface area contributed by atoms with Crippen LogP contribution < -0.4 is 10.6 Å². The van der Waals surface area contributed by atoms with Gasteiger partial charge in [-0.1, -0.05) is 0 Å². The third-order valence-electron chi connectivity index (χ3n) is 4.21. The quantitative estimate of drug-likeness (QED) is 0.448. The van der Waals surface area contributed by atoms with Crippen LogP contribution in [-0.4, -0.2) is 78.2 Å². The minimum atomic E-state index is -1.23. The van der Waals surface area contributed by atoms with E-state index < -0.39 is 5.97 Å². The summed E-state index contributed by atoms with van der Waals surface area (Å²) in [6.07, 6.45) is 3.43. The van der Waals surface area contributed by atoms with Crippen LogP contribution in [0.1, 0.15) is 20.3 Å². The largest absolute Gasteiger partial charge is 0.477 e. The lowest BCUT2D eigenvalue weighted by atomic mass is 10.0. The van der Waals surface area contributed by atoms with Gasteiger partial charge in [-0.3, -0.25) is 20.1 Å². The molecule has 0 aromatic rings. The minimum absolute atomic E-state index is 0.139. The van der Waals surface area contributed by atoms with Crippen LogP contribution in [0.5, 0.6) is 0 Å². The van der Waals surface area contributed by atoms with Crippen molar-refractivity contribution in [3.05, 3.63) is 23.0 Å². The van der Waals surface area contributed by atoms with Crippen molar-refractivity contribution in [1.29, 1.82) is 5.41 Å². The second-order valence-electron chi connectivity index (χ2n) is 6.93. The molecule has 9 nitrogen and oxygen atoms in total. The summed E-state index contributed by atoms with van der Waals surface area (Å²) < 4.78 is 0. The first-order valence-corrected chi connectivity index (χ1v) is 8.55. The minimum Gasteiger partial charge on any atom is -0.477 e. The lowest BCUT2D eigenvalue weighted by Crippen LogP contribution is -2.87. The first-order chi connectivity index (χ1) is 12.2. The molecule has 0 aromatic carbocycles. The predicted molar refractivity (Wildman–Crippen MR) is 97.8 cm³/mol. The van der Waals surface area contributed by atoms with E-state index in [-0.39, 0.29) is 24.0 Å². The van der Waals surface area contributed by atoms with Gasteiger partial charge in [-0.05, 0) is 13.8 Å². The zero-order valence-corrected chi connectivity index (χ0v) is 15.6. The van der Waals surface area contributed by atoms with Crippen LogP contribution in [0.3, 0.4) is 0 Å². The van der Waals surface area contributed by atoms with Gasteiger partial charge in [-0.25, -0.2) is 4.79 Å². The number of hydrogen-bond donors (Lipinski definition) is 4. The molecule has 0 aromatic heterocycles. The molecule has 2 aliphatic rings. The normalized spacial score (nSPS) is 20.7. The molecule has 0 saturated carbocycles. The monoisotopic (exact) mass is 363 g/mol. The molecular weight excluding hydrogens is 336 g/mol. The number of nitrogens with zero attached hydrogens (tertiary/aromatic N) is 3. The van der Waals surface area contributed by atoms with Crippen LogP contribution in [0.4, 0.5) is 0 Å². The first kappa shape index (κ1) is 19.8. The lowest BCUT2D eigenvalue weighted by molar-refractivity contribution is -0.639.